The van der Waals surface area contributed by atoms with Crippen LogP contribution in [-0.4, -0.2) is 11.2 Å². The first-order chi connectivity index (χ1) is 7.38. The third-order valence-corrected chi connectivity index (χ3v) is 3.50. The lowest BCUT2D eigenvalue weighted by molar-refractivity contribution is 0.285. The molecular formula is C12H20N2O. The number of rotatable bonds is 4. The Morgan fingerprint density at radius 3 is 2.80 bits per heavy atom. The van der Waals surface area contributed by atoms with Crippen molar-refractivity contribution in [1.82, 2.24) is 10.5 Å². The second-order valence-corrected chi connectivity index (χ2v) is 4.54. The topological polar surface area (TPSA) is 38.1 Å². The Kier molecular flexibility index (Phi) is 3.78. The van der Waals surface area contributed by atoms with Gasteiger partial charge >= 0.3 is 0 Å². The monoisotopic (exact) mass is 208 g/mol. The van der Waals surface area contributed by atoms with E-state index in [1.165, 1.54) is 32.1 Å². The summed E-state index contributed by atoms with van der Waals surface area (Å²) in [6.45, 7) is 3.19. The molecule has 15 heavy (non-hydrogen) atoms. The molecule has 1 N–H and O–H groups in total. The van der Waals surface area contributed by atoms with Gasteiger partial charge in [-0.05, 0) is 31.6 Å². The van der Waals surface area contributed by atoms with Gasteiger partial charge in [0.2, 0.25) is 0 Å². The molecule has 0 saturated heterocycles. The molecule has 1 fully saturated rings. The highest BCUT2D eigenvalue weighted by Crippen LogP contribution is 2.26. The van der Waals surface area contributed by atoms with Crippen molar-refractivity contribution < 1.29 is 4.52 Å². The van der Waals surface area contributed by atoms with E-state index in [-0.39, 0.29) is 0 Å². The van der Waals surface area contributed by atoms with Crippen molar-refractivity contribution in [1.29, 1.82) is 0 Å². The van der Waals surface area contributed by atoms with Crippen molar-refractivity contribution in [2.45, 2.75) is 51.6 Å². The molecule has 3 nitrogen and oxygen atoms in total. The number of nitrogens with zero attached hydrogens (tertiary/aromatic N) is 1. The largest absolute Gasteiger partial charge is 0.364 e. The van der Waals surface area contributed by atoms with E-state index < -0.39 is 0 Å². The van der Waals surface area contributed by atoms with E-state index in [1.54, 1.807) is 12.5 Å². The first kappa shape index (κ1) is 10.7. The molecule has 0 aromatic carbocycles. The van der Waals surface area contributed by atoms with E-state index in [0.29, 0.717) is 6.04 Å². The average molecular weight is 208 g/mol. The Labute approximate surface area is 91.2 Å². The molecule has 0 amide bonds. The maximum Gasteiger partial charge on any atom is 0.128 e. The molecule has 1 heterocycles. The van der Waals surface area contributed by atoms with Crippen LogP contribution in [0.3, 0.4) is 0 Å². The van der Waals surface area contributed by atoms with Gasteiger partial charge in [0, 0.05) is 18.2 Å². The lowest BCUT2D eigenvalue weighted by Crippen LogP contribution is -2.32. The van der Waals surface area contributed by atoms with Gasteiger partial charge in [0.05, 0.1) is 6.20 Å². The van der Waals surface area contributed by atoms with Gasteiger partial charge in [-0.25, -0.2) is 0 Å². The zero-order chi connectivity index (χ0) is 10.5. The SMILES string of the molecule is CCC1CCC(NCc2cnoc2)CC1. The van der Waals surface area contributed by atoms with Gasteiger partial charge in [0.25, 0.3) is 0 Å². The summed E-state index contributed by atoms with van der Waals surface area (Å²) in [7, 11) is 0. The minimum Gasteiger partial charge on any atom is -0.364 e. The number of nitrogens with one attached hydrogen (secondary N) is 1. The summed E-state index contributed by atoms with van der Waals surface area (Å²) in [5.41, 5.74) is 1.15. The fourth-order valence-corrected chi connectivity index (χ4v) is 2.35. The Balaban J connectivity index is 1.69. The van der Waals surface area contributed by atoms with Crippen molar-refractivity contribution >= 4 is 0 Å². The number of aromatic nitrogens is 1. The van der Waals surface area contributed by atoms with Gasteiger partial charge in [0.1, 0.15) is 6.26 Å². The standard InChI is InChI=1S/C12H20N2O/c1-2-10-3-5-12(6-4-10)13-7-11-8-14-15-9-11/h8-10,12-13H,2-7H2,1H3. The number of hydrogen-bond acceptors (Lipinski definition) is 3. The first-order valence-corrected chi connectivity index (χ1v) is 6.00. The van der Waals surface area contributed by atoms with Crippen molar-refractivity contribution in [3.63, 3.8) is 0 Å². The summed E-state index contributed by atoms with van der Waals surface area (Å²) in [4.78, 5) is 0. The van der Waals surface area contributed by atoms with Crippen molar-refractivity contribution in [2.75, 3.05) is 0 Å². The summed E-state index contributed by atoms with van der Waals surface area (Å²) in [6, 6.07) is 0.697. The third-order valence-electron chi connectivity index (χ3n) is 3.50. The van der Waals surface area contributed by atoms with E-state index in [1.807, 2.05) is 0 Å². The van der Waals surface area contributed by atoms with E-state index in [4.69, 9.17) is 4.52 Å². The zero-order valence-corrected chi connectivity index (χ0v) is 9.41. The van der Waals surface area contributed by atoms with Crippen LogP contribution in [0.5, 0.6) is 0 Å². The smallest absolute Gasteiger partial charge is 0.128 e. The Hall–Kier alpha value is -0.830. The van der Waals surface area contributed by atoms with Crippen LogP contribution in [0.2, 0.25) is 0 Å². The summed E-state index contributed by atoms with van der Waals surface area (Å²) >= 11 is 0. The molecule has 0 aliphatic heterocycles. The molecule has 1 aromatic rings. The Bertz CT molecular complexity index is 263. The lowest BCUT2D eigenvalue weighted by Gasteiger charge is -2.28. The van der Waals surface area contributed by atoms with Crippen LogP contribution in [0.15, 0.2) is 17.0 Å². The van der Waals surface area contributed by atoms with Gasteiger partial charge in [-0.15, -0.1) is 0 Å². The van der Waals surface area contributed by atoms with Gasteiger partial charge in [-0.3, -0.25) is 0 Å². The second kappa shape index (κ2) is 5.31. The first-order valence-electron chi connectivity index (χ1n) is 6.00. The van der Waals surface area contributed by atoms with Crippen LogP contribution in [0.4, 0.5) is 0 Å². The molecule has 1 aliphatic rings. The Morgan fingerprint density at radius 2 is 2.20 bits per heavy atom. The molecule has 0 spiro atoms. The van der Waals surface area contributed by atoms with Crippen molar-refractivity contribution in [2.24, 2.45) is 5.92 Å². The molecule has 1 saturated carbocycles. The van der Waals surface area contributed by atoms with Gasteiger partial charge in [-0.2, -0.15) is 0 Å². The van der Waals surface area contributed by atoms with E-state index in [0.717, 1.165) is 18.0 Å². The highest BCUT2D eigenvalue weighted by molar-refractivity contribution is 4.99. The van der Waals surface area contributed by atoms with Crippen LogP contribution in [0.1, 0.15) is 44.6 Å². The Morgan fingerprint density at radius 1 is 1.40 bits per heavy atom. The van der Waals surface area contributed by atoms with Crippen molar-refractivity contribution in [3.8, 4) is 0 Å². The molecule has 0 atom stereocenters. The van der Waals surface area contributed by atoms with E-state index >= 15 is 0 Å². The molecule has 84 valence electrons. The van der Waals surface area contributed by atoms with Crippen LogP contribution < -0.4 is 5.32 Å². The maximum atomic E-state index is 4.80. The van der Waals surface area contributed by atoms with Gasteiger partial charge in [-0.1, -0.05) is 18.5 Å². The van der Waals surface area contributed by atoms with Crippen LogP contribution in [0.25, 0.3) is 0 Å². The molecule has 3 heteroatoms. The fraction of sp³-hybridized carbons (Fsp3) is 0.750. The summed E-state index contributed by atoms with van der Waals surface area (Å²) in [5, 5.41) is 7.26. The van der Waals surface area contributed by atoms with Gasteiger partial charge < -0.3 is 9.84 Å². The van der Waals surface area contributed by atoms with Crippen molar-refractivity contribution in [3.05, 3.63) is 18.0 Å². The average Bonchev–Trinajstić information content (AvgIpc) is 2.80. The fourth-order valence-electron chi connectivity index (χ4n) is 2.35. The molecule has 1 aromatic heterocycles. The molecule has 1 aliphatic carbocycles. The van der Waals surface area contributed by atoms with E-state index in [2.05, 4.69) is 17.4 Å². The normalized spacial score (nSPS) is 26.7. The zero-order valence-electron chi connectivity index (χ0n) is 9.41. The lowest BCUT2D eigenvalue weighted by atomic mass is 9.84. The van der Waals surface area contributed by atoms with Crippen LogP contribution in [-0.2, 0) is 6.54 Å². The minimum absolute atomic E-state index is 0.697. The van der Waals surface area contributed by atoms with Gasteiger partial charge in [0.15, 0.2) is 0 Å². The molecule has 0 radical (unpaired) electrons. The quantitative estimate of drug-likeness (QED) is 0.826. The predicted molar refractivity (Wildman–Crippen MR) is 59.4 cm³/mol. The maximum absolute atomic E-state index is 4.80. The minimum atomic E-state index is 0.697. The molecule has 2 rings (SSSR count). The van der Waals surface area contributed by atoms with Crippen LogP contribution in [0, 0.1) is 5.92 Å². The molecular weight excluding hydrogens is 188 g/mol. The highest BCUT2D eigenvalue weighted by atomic mass is 16.5. The van der Waals surface area contributed by atoms with Crippen LogP contribution >= 0.6 is 0 Å². The number of hydrogen-bond donors (Lipinski definition) is 1. The molecule has 0 bridgehead atoms. The summed E-state index contributed by atoms with van der Waals surface area (Å²) < 4.78 is 4.80. The second-order valence-electron chi connectivity index (χ2n) is 4.54. The van der Waals surface area contributed by atoms with E-state index in [9.17, 15) is 0 Å². The predicted octanol–water partition coefficient (Wildman–Crippen LogP) is 2.73. The third kappa shape index (κ3) is 3.06. The summed E-state index contributed by atoms with van der Waals surface area (Å²) in [5.74, 6) is 0.971. The summed E-state index contributed by atoms with van der Waals surface area (Å²) in [6.07, 6.45) is 10.3. The highest BCUT2D eigenvalue weighted by Gasteiger charge is 2.19. The molecule has 0 unspecified atom stereocenters.